The van der Waals surface area contributed by atoms with Crippen molar-refractivity contribution in [3.63, 3.8) is 0 Å². The van der Waals surface area contributed by atoms with Crippen molar-refractivity contribution in [3.8, 4) is 11.5 Å². The highest BCUT2D eigenvalue weighted by molar-refractivity contribution is 7.08. The van der Waals surface area contributed by atoms with Gasteiger partial charge in [-0.3, -0.25) is 19.3 Å². The van der Waals surface area contributed by atoms with Crippen LogP contribution in [0.4, 0.5) is 8.78 Å². The quantitative estimate of drug-likeness (QED) is 0.216. The summed E-state index contributed by atoms with van der Waals surface area (Å²) in [6.07, 6.45) is 4.50. The van der Waals surface area contributed by atoms with Crippen LogP contribution < -0.4 is 19.9 Å². The smallest absolute Gasteiger partial charge is 0.278 e. The number of hydrogen-bond acceptors (Lipinski definition) is 6. The van der Waals surface area contributed by atoms with Gasteiger partial charge in [0.05, 0.1) is 0 Å². The average Bonchev–Trinajstić information content (AvgIpc) is 3.51. The number of pyridine rings is 1. The van der Waals surface area contributed by atoms with Crippen LogP contribution in [0.3, 0.4) is 0 Å². The molecule has 2 aromatic carbocycles. The van der Waals surface area contributed by atoms with Gasteiger partial charge >= 0.3 is 0 Å². The maximum atomic E-state index is 15.2. The summed E-state index contributed by atoms with van der Waals surface area (Å²) in [6, 6.07) is 14.2. The van der Waals surface area contributed by atoms with Gasteiger partial charge in [-0.15, -0.1) is 6.58 Å². The third-order valence-electron chi connectivity index (χ3n) is 6.57. The monoisotopic (exact) mass is 575 g/mol. The van der Waals surface area contributed by atoms with Gasteiger partial charge in [-0.25, -0.2) is 4.39 Å². The van der Waals surface area contributed by atoms with Crippen LogP contribution in [0.25, 0.3) is 0 Å². The van der Waals surface area contributed by atoms with E-state index in [4.69, 9.17) is 9.47 Å². The molecular formula is C31H27F2N3O4S. The largest absolute Gasteiger partial charge is 0.486 e. The number of carbonyl (C=O) groups excluding carboxylic acids is 1. The molecule has 0 spiro atoms. The van der Waals surface area contributed by atoms with Crippen molar-refractivity contribution in [2.75, 3.05) is 24.8 Å². The van der Waals surface area contributed by atoms with Gasteiger partial charge in [-0.2, -0.15) is 15.7 Å². The molecule has 1 aliphatic rings. The van der Waals surface area contributed by atoms with Gasteiger partial charge in [0.1, 0.15) is 25.9 Å². The van der Waals surface area contributed by atoms with E-state index in [1.807, 2.05) is 47.2 Å². The molecule has 0 N–H and O–H groups in total. The topological polar surface area (TPSA) is 64.0 Å². The highest BCUT2D eigenvalue weighted by Gasteiger charge is 2.38. The molecule has 1 aliphatic heterocycles. The Balaban J connectivity index is 1.70. The second-order valence-corrected chi connectivity index (χ2v) is 9.99. The Hall–Kier alpha value is -4.70. The highest BCUT2D eigenvalue weighted by Crippen LogP contribution is 2.39. The van der Waals surface area contributed by atoms with E-state index in [-0.39, 0.29) is 43.6 Å². The van der Waals surface area contributed by atoms with Crippen LogP contribution in [0.15, 0.2) is 102 Å². The number of amides is 1. The first kappa shape index (κ1) is 27.9. The summed E-state index contributed by atoms with van der Waals surface area (Å²) in [5, 5.41) is 5.53. The fourth-order valence-electron chi connectivity index (χ4n) is 4.74. The van der Waals surface area contributed by atoms with E-state index in [9.17, 15) is 14.0 Å². The molecule has 3 heterocycles. The van der Waals surface area contributed by atoms with Crippen LogP contribution >= 0.6 is 11.3 Å². The number of hydrogen-bond donors (Lipinski definition) is 0. The number of ether oxygens (including phenoxy) is 2. The first-order valence-corrected chi connectivity index (χ1v) is 13.7. The van der Waals surface area contributed by atoms with E-state index in [0.29, 0.717) is 5.56 Å². The van der Waals surface area contributed by atoms with Crippen molar-refractivity contribution in [1.29, 1.82) is 0 Å². The predicted octanol–water partition coefficient (Wildman–Crippen LogP) is 5.66. The standard InChI is InChI=1S/C31H27F2N3O4S/c1-3-14-34-20-36(27(22-13-17-41-19-22)23-10-11-24(32)26(33)29(23)39-16-4-2)35-15-12-25(37)30(28(35)31(34)38)40-18-21-8-6-5-7-9-21/h3-13,15,17,19,27H,1-2,14,16,18,20H2. The van der Waals surface area contributed by atoms with Crippen LogP contribution in [0.2, 0.25) is 0 Å². The fourth-order valence-corrected chi connectivity index (χ4v) is 5.42. The fraction of sp³-hybridized carbons (Fsp3) is 0.161. The summed E-state index contributed by atoms with van der Waals surface area (Å²) in [6.45, 7) is 7.62. The number of carbonyl (C=O) groups is 1. The zero-order valence-corrected chi connectivity index (χ0v) is 22.9. The number of halogens is 2. The van der Waals surface area contributed by atoms with Crippen LogP contribution in [-0.4, -0.2) is 35.3 Å². The predicted molar refractivity (Wildman–Crippen MR) is 154 cm³/mol. The SMILES string of the molecule is C=CCOc1c(C(c2ccsc2)N2CN(CC=C)C(=O)c3c(OCc4ccccc4)c(=O)ccn32)ccc(F)c1F. The third-order valence-corrected chi connectivity index (χ3v) is 7.27. The summed E-state index contributed by atoms with van der Waals surface area (Å²) in [7, 11) is 0. The number of aromatic nitrogens is 1. The Bertz CT molecular complexity index is 1620. The minimum absolute atomic E-state index is 0.0119. The molecule has 2 aromatic heterocycles. The second kappa shape index (κ2) is 12.2. The van der Waals surface area contributed by atoms with E-state index < -0.39 is 29.0 Å². The van der Waals surface area contributed by atoms with Crippen molar-refractivity contribution < 1.29 is 23.0 Å². The third kappa shape index (κ3) is 5.51. The summed E-state index contributed by atoms with van der Waals surface area (Å²) in [5.74, 6) is -3.00. The molecule has 210 valence electrons. The average molecular weight is 576 g/mol. The van der Waals surface area contributed by atoms with Crippen molar-refractivity contribution in [1.82, 2.24) is 9.58 Å². The molecule has 10 heteroatoms. The van der Waals surface area contributed by atoms with Gasteiger partial charge in [-0.1, -0.05) is 49.1 Å². The zero-order valence-electron chi connectivity index (χ0n) is 22.0. The van der Waals surface area contributed by atoms with Crippen LogP contribution in [0, 0.1) is 11.6 Å². The Morgan fingerprint density at radius 1 is 0.976 bits per heavy atom. The Morgan fingerprint density at radius 3 is 2.49 bits per heavy atom. The number of thiophene rings is 1. The Morgan fingerprint density at radius 2 is 1.78 bits per heavy atom. The molecule has 5 rings (SSSR count). The molecule has 0 radical (unpaired) electrons. The van der Waals surface area contributed by atoms with E-state index in [2.05, 4.69) is 13.2 Å². The molecule has 0 aliphatic carbocycles. The van der Waals surface area contributed by atoms with Crippen molar-refractivity contribution in [2.24, 2.45) is 0 Å². The van der Waals surface area contributed by atoms with Crippen molar-refractivity contribution >= 4 is 17.2 Å². The molecule has 41 heavy (non-hydrogen) atoms. The van der Waals surface area contributed by atoms with Gasteiger partial charge in [0.2, 0.25) is 11.2 Å². The molecule has 1 amide bonds. The van der Waals surface area contributed by atoms with Crippen molar-refractivity contribution in [3.05, 3.63) is 141 Å². The van der Waals surface area contributed by atoms with Gasteiger partial charge in [0.25, 0.3) is 5.91 Å². The summed E-state index contributed by atoms with van der Waals surface area (Å²) in [4.78, 5) is 28.3. The summed E-state index contributed by atoms with van der Waals surface area (Å²) in [5.41, 5.74) is 1.44. The molecule has 0 bridgehead atoms. The first-order chi connectivity index (χ1) is 19.9. The molecule has 0 saturated carbocycles. The minimum atomic E-state index is -1.13. The molecule has 1 atom stereocenters. The summed E-state index contributed by atoms with van der Waals surface area (Å²) < 4.78 is 42.8. The second-order valence-electron chi connectivity index (χ2n) is 9.21. The van der Waals surface area contributed by atoms with E-state index >= 15 is 4.39 Å². The van der Waals surface area contributed by atoms with Gasteiger partial charge in [-0.05, 0) is 40.1 Å². The van der Waals surface area contributed by atoms with Crippen LogP contribution in [0.5, 0.6) is 11.5 Å². The number of fused-ring (bicyclic) bond motifs is 1. The van der Waals surface area contributed by atoms with Gasteiger partial charge in [0.15, 0.2) is 23.0 Å². The molecule has 0 fully saturated rings. The van der Waals surface area contributed by atoms with Crippen LogP contribution in [0.1, 0.15) is 33.2 Å². The normalized spacial score (nSPS) is 13.5. The Labute approximate surface area is 239 Å². The lowest BCUT2D eigenvalue weighted by Gasteiger charge is -2.44. The van der Waals surface area contributed by atoms with E-state index in [1.54, 1.807) is 15.8 Å². The summed E-state index contributed by atoms with van der Waals surface area (Å²) >= 11 is 1.43. The zero-order chi connectivity index (χ0) is 28.9. The molecule has 0 saturated heterocycles. The first-order valence-electron chi connectivity index (χ1n) is 12.8. The van der Waals surface area contributed by atoms with Crippen molar-refractivity contribution in [2.45, 2.75) is 12.6 Å². The number of nitrogens with zero attached hydrogens (tertiary/aromatic N) is 3. The number of benzene rings is 2. The van der Waals surface area contributed by atoms with Gasteiger partial charge in [0, 0.05) is 24.4 Å². The maximum absolute atomic E-state index is 15.2. The maximum Gasteiger partial charge on any atom is 0.278 e. The lowest BCUT2D eigenvalue weighted by atomic mass is 9.98. The Kier molecular flexibility index (Phi) is 8.30. The lowest BCUT2D eigenvalue weighted by molar-refractivity contribution is 0.0698. The molecular weight excluding hydrogens is 548 g/mol. The molecule has 7 nitrogen and oxygen atoms in total. The number of rotatable bonds is 11. The van der Waals surface area contributed by atoms with Crippen LogP contribution in [-0.2, 0) is 6.61 Å². The molecule has 1 unspecified atom stereocenters. The highest BCUT2D eigenvalue weighted by atomic mass is 32.1. The van der Waals surface area contributed by atoms with E-state index in [1.165, 1.54) is 40.6 Å². The molecule has 4 aromatic rings. The minimum Gasteiger partial charge on any atom is -0.486 e. The lowest BCUT2D eigenvalue weighted by Crippen LogP contribution is -2.55. The van der Waals surface area contributed by atoms with Gasteiger partial charge < -0.3 is 14.4 Å². The van der Waals surface area contributed by atoms with E-state index in [0.717, 1.165) is 17.2 Å².